The number of hydrogen-bond acceptors (Lipinski definition) is 18. The normalized spacial score (nSPS) is 14.4. The summed E-state index contributed by atoms with van der Waals surface area (Å²) in [5.74, 6) is -15.1. The summed E-state index contributed by atoms with van der Waals surface area (Å²) < 4.78 is 0. The number of para-hydroxylation sites is 1. The number of carboxylic acids is 1. The number of aliphatic carboxylic acids is 1. The molecule has 7 rings (SSSR count). The van der Waals surface area contributed by atoms with E-state index in [1.54, 1.807) is 135 Å². The molecule has 33 heteroatoms. The maximum atomic E-state index is 15.3. The van der Waals surface area contributed by atoms with Crippen molar-refractivity contribution in [2.75, 3.05) is 18.1 Å². The number of carbonyl (C=O) groups is 14. The van der Waals surface area contributed by atoms with Crippen LogP contribution in [0.3, 0.4) is 0 Å². The van der Waals surface area contributed by atoms with Crippen molar-refractivity contribution in [2.45, 2.75) is 146 Å². The van der Waals surface area contributed by atoms with E-state index in [1.165, 1.54) is 45.0 Å². The number of carbonyl (C=O) groups excluding carboxylic acids is 13. The van der Waals surface area contributed by atoms with E-state index < -0.39 is 180 Å². The molecule has 1 heterocycles. The van der Waals surface area contributed by atoms with E-state index in [0.29, 0.717) is 44.1 Å². The summed E-state index contributed by atoms with van der Waals surface area (Å²) in [6.07, 6.45) is -2.21. The number of benzene rings is 6. The van der Waals surface area contributed by atoms with Crippen molar-refractivity contribution in [3.8, 4) is 5.75 Å². The van der Waals surface area contributed by atoms with E-state index in [9.17, 15) is 72.9 Å². The predicted octanol–water partition coefficient (Wildman–Crippen LogP) is -0.115. The number of H-pyrrole nitrogens is 1. The van der Waals surface area contributed by atoms with Crippen molar-refractivity contribution >= 4 is 130 Å². The van der Waals surface area contributed by atoms with Gasteiger partial charge in [-0.25, -0.2) is 0 Å². The van der Waals surface area contributed by atoms with Gasteiger partial charge in [0.05, 0.1) is 19.1 Å². The average molecular weight is 1550 g/mol. The molecule has 13 amide bonds. The number of aromatic amines is 1. The second-order valence-corrected chi connectivity index (χ2v) is 27.4. The van der Waals surface area contributed by atoms with E-state index in [0.717, 1.165) is 5.39 Å². The van der Waals surface area contributed by atoms with Gasteiger partial charge in [0, 0.05) is 67.6 Å². The van der Waals surface area contributed by atoms with Crippen molar-refractivity contribution in [1.82, 2.24) is 68.8 Å². The third kappa shape index (κ3) is 25.7. The molecule has 0 fully saturated rings. The van der Waals surface area contributed by atoms with Crippen molar-refractivity contribution in [3.63, 3.8) is 0 Å². The Morgan fingerprint density at radius 2 is 0.818 bits per heavy atom. The SMILES string of the molecule is CC(=O)N[C@@H](CS)C(=O)N[C@@H](C)C(=O)N[C@@H](CC(=O)O)C(=O)N[C@@H](Cc1c[nH]c2ccccc12)C(=O)N[C@H](C(=O)N[C@@H](CS)C(=O)N[C@@H](Cc1ccc(O)cc1)C(=O)N[C@@H](Cc1cccc2ccccc12)C(=O)N[C@@H](Cc1ccccc1)C(=O)N[C@H](C(=O)N[C@@H](Cc1ccccc1)C(=O)NCC(N)=O)[C@@H](C)O)C(C)C. The Labute approximate surface area is 644 Å². The predicted molar refractivity (Wildman–Crippen MR) is 413 cm³/mol. The van der Waals surface area contributed by atoms with Gasteiger partial charge < -0.3 is 89.8 Å². The molecule has 31 nitrogen and oxygen atoms in total. The highest BCUT2D eigenvalue weighted by molar-refractivity contribution is 7.80. The Morgan fingerprint density at radius 3 is 1.35 bits per heavy atom. The number of phenolic OH excluding ortho intramolecular Hbond substituents is 1. The van der Waals surface area contributed by atoms with Crippen LogP contribution in [0.4, 0.5) is 0 Å². The summed E-state index contributed by atoms with van der Waals surface area (Å²) in [4.78, 5) is 197. The number of rotatable bonds is 40. The standard InChI is InChI=1S/C77H92N14O17S2/c1-41(2)65(90-73(104)59(35-50-37-79-54-26-15-14-25-53(50)54)87-71(102)60(36-64(96)97)83-67(98)42(3)81-74(105)61(39-109)82-44(5)93)76(107)89-62(40-110)75(106)85-56(33-47-27-29-51(94)30-28-47)69(100)86-58(34-49-23-16-22-48-21-12-13-24-52(48)49)70(101)84-57(32-46-19-10-7-11-20-46)72(103)91-66(43(4)92)77(108)88-55(68(99)80-38-63(78)95)31-45-17-8-6-9-18-45/h6-30,37,41-43,55-62,65-66,79,92,94,109-110H,31-36,38-40H2,1-5H3,(H2,78,95)(H,80,99)(H,81,105)(H,82,93)(H,83,98)(H,84,101)(H,85,106)(H,86,100)(H,87,102)(H,88,108)(H,89,107)(H,90,104)(H,91,103)(H,96,97)/t42-,43+,55-,56-,57-,58-,59-,60-,61-,62-,65-,66-/m0/s1. The van der Waals surface area contributed by atoms with Crippen LogP contribution < -0.4 is 69.5 Å². The van der Waals surface area contributed by atoms with Crippen LogP contribution >= 0.6 is 25.3 Å². The van der Waals surface area contributed by atoms with Gasteiger partial charge in [0.25, 0.3) is 0 Å². The molecular weight excluding hydrogens is 1460 g/mol. The van der Waals surface area contributed by atoms with Gasteiger partial charge >= 0.3 is 5.97 Å². The topological polar surface area (TPSA) is 486 Å². The molecule has 0 saturated carbocycles. The lowest BCUT2D eigenvalue weighted by Gasteiger charge is -2.29. The van der Waals surface area contributed by atoms with Gasteiger partial charge in [-0.15, -0.1) is 0 Å². The number of amides is 13. The molecule has 6 aromatic carbocycles. The first-order valence-electron chi connectivity index (χ1n) is 35.3. The number of thiol groups is 2. The van der Waals surface area contributed by atoms with Gasteiger partial charge in [-0.05, 0) is 76.6 Å². The number of nitrogens with one attached hydrogen (secondary N) is 13. The smallest absolute Gasteiger partial charge is 0.305 e. The van der Waals surface area contributed by atoms with Gasteiger partial charge in [-0.3, -0.25) is 67.1 Å². The van der Waals surface area contributed by atoms with Crippen LogP contribution in [0.5, 0.6) is 5.75 Å². The fourth-order valence-electron chi connectivity index (χ4n) is 11.9. The zero-order valence-corrected chi connectivity index (χ0v) is 62.7. The van der Waals surface area contributed by atoms with Crippen LogP contribution in [0, 0.1) is 5.92 Å². The van der Waals surface area contributed by atoms with Gasteiger partial charge in [0.15, 0.2) is 0 Å². The Kier molecular flexibility index (Phi) is 32.2. The fourth-order valence-corrected chi connectivity index (χ4v) is 12.4. The Hall–Kier alpha value is -11.8. The number of aliphatic hydroxyl groups excluding tert-OH is 1. The summed E-state index contributed by atoms with van der Waals surface area (Å²) in [7, 11) is 0. The Morgan fingerprint density at radius 1 is 0.409 bits per heavy atom. The van der Waals surface area contributed by atoms with Crippen LogP contribution in [0.2, 0.25) is 0 Å². The van der Waals surface area contributed by atoms with Crippen LogP contribution in [0.1, 0.15) is 68.9 Å². The summed E-state index contributed by atoms with van der Waals surface area (Å²) in [6, 6.07) is 25.0. The molecule has 12 atom stereocenters. The zero-order valence-electron chi connectivity index (χ0n) is 60.9. The molecule has 0 bridgehead atoms. The molecule has 18 N–H and O–H groups in total. The molecule has 110 heavy (non-hydrogen) atoms. The summed E-state index contributed by atoms with van der Waals surface area (Å²) in [6.45, 7) is 6.19. The number of carboxylic acid groups (broad SMARTS) is 1. The number of aromatic nitrogens is 1. The molecule has 584 valence electrons. The van der Waals surface area contributed by atoms with E-state index >= 15 is 9.59 Å². The quantitative estimate of drug-likeness (QED) is 0.0223. The van der Waals surface area contributed by atoms with Crippen molar-refractivity contribution in [1.29, 1.82) is 0 Å². The lowest BCUT2D eigenvalue weighted by atomic mass is 9.97. The third-order valence-corrected chi connectivity index (χ3v) is 18.4. The molecule has 0 aliphatic carbocycles. The molecule has 0 saturated heterocycles. The Balaban J connectivity index is 1.15. The van der Waals surface area contributed by atoms with Gasteiger partial charge in [0.2, 0.25) is 76.8 Å². The molecular formula is C77H92N14O17S2. The maximum Gasteiger partial charge on any atom is 0.305 e. The second-order valence-electron chi connectivity index (χ2n) is 26.7. The lowest BCUT2D eigenvalue weighted by Crippen LogP contribution is -2.62. The number of hydrogen-bond donors (Lipinski definition) is 19. The molecule has 0 aliphatic rings. The highest BCUT2D eigenvalue weighted by Crippen LogP contribution is 2.23. The minimum Gasteiger partial charge on any atom is -0.508 e. The summed E-state index contributed by atoms with van der Waals surface area (Å²) >= 11 is 8.50. The summed E-state index contributed by atoms with van der Waals surface area (Å²) in [5, 5.41) is 64.0. The van der Waals surface area contributed by atoms with E-state index in [2.05, 4.69) is 94.0 Å². The fraction of sp³-hybridized carbons (Fsp3) is 0.351. The molecule has 7 aromatic rings. The zero-order chi connectivity index (χ0) is 80.3. The number of aliphatic hydroxyl groups is 1. The summed E-state index contributed by atoms with van der Waals surface area (Å²) in [5.41, 5.74) is 8.47. The lowest BCUT2D eigenvalue weighted by molar-refractivity contribution is -0.141. The maximum absolute atomic E-state index is 15.3. The molecule has 0 aliphatic heterocycles. The first-order valence-corrected chi connectivity index (χ1v) is 36.5. The number of phenols is 1. The Bertz CT molecular complexity index is 4430. The molecule has 0 radical (unpaired) electrons. The molecule has 0 spiro atoms. The monoisotopic (exact) mass is 1550 g/mol. The third-order valence-electron chi connectivity index (χ3n) is 17.7. The highest BCUT2D eigenvalue weighted by atomic mass is 32.1. The van der Waals surface area contributed by atoms with E-state index in [4.69, 9.17) is 5.73 Å². The van der Waals surface area contributed by atoms with E-state index in [1.807, 2.05) is 12.1 Å². The minimum absolute atomic E-state index is 0.0916. The number of fused-ring (bicyclic) bond motifs is 2. The number of aromatic hydroxyl groups is 1. The van der Waals surface area contributed by atoms with Gasteiger partial charge in [-0.1, -0.05) is 147 Å². The number of nitrogens with two attached hydrogens (primary N) is 1. The van der Waals surface area contributed by atoms with Gasteiger partial charge in [0.1, 0.15) is 72.2 Å². The van der Waals surface area contributed by atoms with Crippen molar-refractivity contribution in [2.24, 2.45) is 11.7 Å². The van der Waals surface area contributed by atoms with Crippen LogP contribution in [-0.4, -0.2) is 194 Å². The van der Waals surface area contributed by atoms with Crippen LogP contribution in [-0.2, 0) is 99.2 Å². The average Bonchev–Trinajstić information content (AvgIpc) is 1.06. The van der Waals surface area contributed by atoms with E-state index in [-0.39, 0.29) is 43.6 Å². The first kappa shape index (κ1) is 85.4. The van der Waals surface area contributed by atoms with Crippen molar-refractivity contribution in [3.05, 3.63) is 186 Å². The number of primary amides is 1. The molecule has 0 unspecified atom stereocenters. The largest absolute Gasteiger partial charge is 0.508 e. The van der Waals surface area contributed by atoms with Crippen molar-refractivity contribution < 1.29 is 82.4 Å². The highest BCUT2D eigenvalue weighted by Gasteiger charge is 2.39. The minimum atomic E-state index is -1.86. The second kappa shape index (κ2) is 41.5. The van der Waals surface area contributed by atoms with Crippen LogP contribution in [0.25, 0.3) is 21.7 Å². The van der Waals surface area contributed by atoms with Crippen LogP contribution in [0.15, 0.2) is 158 Å². The first-order chi connectivity index (χ1) is 52.4. The van der Waals surface area contributed by atoms with Gasteiger partial charge in [-0.2, -0.15) is 25.3 Å². The molecule has 1 aromatic heterocycles.